The number of hydrogen-bond acceptors (Lipinski definition) is 3. The number of ether oxygens (including phenoxy) is 1. The van der Waals surface area contributed by atoms with Crippen molar-refractivity contribution in [2.24, 2.45) is 17.8 Å². The molecule has 0 saturated heterocycles. The molecule has 110 valence electrons. The van der Waals surface area contributed by atoms with Crippen LogP contribution in [0.1, 0.15) is 58.8 Å². The van der Waals surface area contributed by atoms with Gasteiger partial charge >= 0.3 is 5.97 Å². The molecule has 3 heteroatoms. The van der Waals surface area contributed by atoms with Gasteiger partial charge in [-0.15, -0.1) is 0 Å². The summed E-state index contributed by atoms with van der Waals surface area (Å²) in [5.41, 5.74) is 0.460. The van der Waals surface area contributed by atoms with Crippen LogP contribution >= 0.6 is 0 Å². The molecule has 0 heterocycles. The fourth-order valence-electron chi connectivity index (χ4n) is 4.09. The van der Waals surface area contributed by atoms with E-state index in [9.17, 15) is 9.59 Å². The Morgan fingerprint density at radius 3 is 2.45 bits per heavy atom. The number of ketones is 1. The molecule has 2 fully saturated rings. The molecular formula is C17H24O3. The molecular weight excluding hydrogens is 252 g/mol. The van der Waals surface area contributed by atoms with Crippen LogP contribution in [0.5, 0.6) is 0 Å². The van der Waals surface area contributed by atoms with Gasteiger partial charge in [0, 0.05) is 18.4 Å². The van der Waals surface area contributed by atoms with Crippen molar-refractivity contribution in [3.05, 3.63) is 11.6 Å². The standard InChI is InChI=1S/C17H24O3/c1-17(2,13-5-7-14(18)8-6-13)20-16(19)15-10-11-3-4-12(15)9-11/h10-13H,3-9H2,1-2H3. The third-order valence-corrected chi connectivity index (χ3v) is 5.45. The SMILES string of the molecule is CC(C)(OC(=O)C1=CC2CCC1C2)C1CCC(=O)CC1. The number of esters is 1. The van der Waals surface area contributed by atoms with Crippen LogP contribution in [0.15, 0.2) is 11.6 Å². The Balaban J connectivity index is 1.63. The lowest BCUT2D eigenvalue weighted by atomic mass is 9.78. The van der Waals surface area contributed by atoms with Crippen LogP contribution in [0.25, 0.3) is 0 Å². The Morgan fingerprint density at radius 2 is 1.90 bits per heavy atom. The van der Waals surface area contributed by atoms with E-state index in [0.717, 1.165) is 31.3 Å². The molecule has 3 aliphatic carbocycles. The molecule has 2 bridgehead atoms. The molecule has 0 aromatic carbocycles. The normalized spacial score (nSPS) is 30.5. The molecule has 3 nitrogen and oxygen atoms in total. The molecule has 3 rings (SSSR count). The molecule has 2 saturated carbocycles. The second kappa shape index (κ2) is 5.01. The van der Waals surface area contributed by atoms with Gasteiger partial charge in [0.25, 0.3) is 0 Å². The van der Waals surface area contributed by atoms with Gasteiger partial charge in [0.05, 0.1) is 0 Å². The monoisotopic (exact) mass is 276 g/mol. The first-order chi connectivity index (χ1) is 9.45. The molecule has 0 spiro atoms. The molecule has 20 heavy (non-hydrogen) atoms. The molecule has 0 aromatic rings. The zero-order valence-corrected chi connectivity index (χ0v) is 12.5. The first-order valence-corrected chi connectivity index (χ1v) is 7.92. The number of fused-ring (bicyclic) bond motifs is 2. The fourth-order valence-corrected chi connectivity index (χ4v) is 4.09. The van der Waals surface area contributed by atoms with Crippen molar-refractivity contribution in [1.29, 1.82) is 0 Å². The fraction of sp³-hybridized carbons (Fsp3) is 0.765. The summed E-state index contributed by atoms with van der Waals surface area (Å²) < 4.78 is 5.83. The molecule has 0 aliphatic heterocycles. The van der Waals surface area contributed by atoms with Crippen molar-refractivity contribution in [3.63, 3.8) is 0 Å². The predicted molar refractivity (Wildman–Crippen MR) is 76.1 cm³/mol. The highest BCUT2D eigenvalue weighted by molar-refractivity contribution is 5.90. The summed E-state index contributed by atoms with van der Waals surface area (Å²) in [5.74, 6) is 1.59. The maximum Gasteiger partial charge on any atom is 0.334 e. The molecule has 0 radical (unpaired) electrons. The average Bonchev–Trinajstić information content (AvgIpc) is 3.01. The number of carbonyl (C=O) groups excluding carboxylic acids is 2. The van der Waals surface area contributed by atoms with E-state index in [1.807, 2.05) is 13.8 Å². The summed E-state index contributed by atoms with van der Waals surface area (Å²) in [6, 6.07) is 0. The minimum Gasteiger partial charge on any atom is -0.456 e. The summed E-state index contributed by atoms with van der Waals surface area (Å²) in [5, 5.41) is 0. The Morgan fingerprint density at radius 1 is 1.20 bits per heavy atom. The molecule has 2 atom stereocenters. The van der Waals surface area contributed by atoms with E-state index in [1.165, 1.54) is 6.42 Å². The van der Waals surface area contributed by atoms with E-state index < -0.39 is 5.60 Å². The van der Waals surface area contributed by atoms with Crippen LogP contribution in [0.2, 0.25) is 0 Å². The third-order valence-electron chi connectivity index (χ3n) is 5.45. The predicted octanol–water partition coefficient (Wildman–Crippen LogP) is 3.42. The van der Waals surface area contributed by atoms with E-state index in [4.69, 9.17) is 4.74 Å². The zero-order chi connectivity index (χ0) is 14.3. The summed E-state index contributed by atoms with van der Waals surface area (Å²) in [7, 11) is 0. The Hall–Kier alpha value is -1.12. The van der Waals surface area contributed by atoms with Gasteiger partial charge in [0.15, 0.2) is 0 Å². The second-order valence-electron chi connectivity index (χ2n) is 7.20. The number of allylic oxidation sites excluding steroid dienone is 1. The number of Topliss-reactive ketones (excluding diaryl/α,β-unsaturated/α-hetero) is 1. The van der Waals surface area contributed by atoms with Crippen LogP contribution in [-0.2, 0) is 14.3 Å². The van der Waals surface area contributed by atoms with Gasteiger partial charge in [-0.3, -0.25) is 4.79 Å². The van der Waals surface area contributed by atoms with Gasteiger partial charge in [-0.05, 0) is 63.7 Å². The minimum absolute atomic E-state index is 0.112. The maximum absolute atomic E-state index is 12.4. The van der Waals surface area contributed by atoms with Gasteiger partial charge in [0.2, 0.25) is 0 Å². The lowest BCUT2D eigenvalue weighted by Crippen LogP contribution is -2.39. The summed E-state index contributed by atoms with van der Waals surface area (Å²) >= 11 is 0. The smallest absolute Gasteiger partial charge is 0.334 e. The van der Waals surface area contributed by atoms with E-state index >= 15 is 0 Å². The van der Waals surface area contributed by atoms with Gasteiger partial charge in [0.1, 0.15) is 11.4 Å². The van der Waals surface area contributed by atoms with E-state index in [-0.39, 0.29) is 5.97 Å². The maximum atomic E-state index is 12.4. The molecule has 0 amide bonds. The minimum atomic E-state index is -0.458. The van der Waals surface area contributed by atoms with Crippen LogP contribution < -0.4 is 0 Å². The lowest BCUT2D eigenvalue weighted by molar-refractivity contribution is -0.158. The highest BCUT2D eigenvalue weighted by atomic mass is 16.6. The van der Waals surface area contributed by atoms with E-state index in [1.54, 1.807) is 0 Å². The third kappa shape index (κ3) is 2.55. The van der Waals surface area contributed by atoms with Crippen LogP contribution in [-0.4, -0.2) is 17.4 Å². The number of hydrogen-bond donors (Lipinski definition) is 0. The van der Waals surface area contributed by atoms with Crippen molar-refractivity contribution in [2.75, 3.05) is 0 Å². The van der Waals surface area contributed by atoms with Crippen molar-refractivity contribution in [2.45, 2.75) is 64.4 Å². The van der Waals surface area contributed by atoms with Crippen LogP contribution in [0.3, 0.4) is 0 Å². The van der Waals surface area contributed by atoms with Crippen molar-refractivity contribution < 1.29 is 14.3 Å². The van der Waals surface area contributed by atoms with Gasteiger partial charge in [-0.25, -0.2) is 4.79 Å². The van der Waals surface area contributed by atoms with E-state index in [2.05, 4.69) is 6.08 Å². The molecule has 3 aliphatic rings. The Labute approximate surface area is 120 Å². The van der Waals surface area contributed by atoms with Crippen molar-refractivity contribution in [1.82, 2.24) is 0 Å². The van der Waals surface area contributed by atoms with Gasteiger partial charge < -0.3 is 4.74 Å². The van der Waals surface area contributed by atoms with Crippen molar-refractivity contribution >= 4 is 11.8 Å². The number of rotatable bonds is 3. The average molecular weight is 276 g/mol. The molecule has 0 aromatic heterocycles. The second-order valence-corrected chi connectivity index (χ2v) is 7.20. The highest BCUT2D eigenvalue weighted by Crippen LogP contribution is 2.45. The first-order valence-electron chi connectivity index (χ1n) is 7.92. The quantitative estimate of drug-likeness (QED) is 0.742. The topological polar surface area (TPSA) is 43.4 Å². The van der Waals surface area contributed by atoms with Crippen LogP contribution in [0, 0.1) is 17.8 Å². The van der Waals surface area contributed by atoms with Gasteiger partial charge in [-0.2, -0.15) is 0 Å². The van der Waals surface area contributed by atoms with Crippen molar-refractivity contribution in [3.8, 4) is 0 Å². The van der Waals surface area contributed by atoms with Gasteiger partial charge in [-0.1, -0.05) is 6.08 Å². The summed E-state index contributed by atoms with van der Waals surface area (Å²) in [6.07, 6.45) is 8.63. The lowest BCUT2D eigenvalue weighted by Gasteiger charge is -2.36. The molecule has 2 unspecified atom stereocenters. The highest BCUT2D eigenvalue weighted by Gasteiger charge is 2.41. The Bertz CT molecular complexity index is 451. The number of carbonyl (C=O) groups is 2. The zero-order valence-electron chi connectivity index (χ0n) is 12.5. The van der Waals surface area contributed by atoms with E-state index in [0.29, 0.717) is 36.4 Å². The molecule has 0 N–H and O–H groups in total. The summed E-state index contributed by atoms with van der Waals surface area (Å²) in [6.45, 7) is 4.00. The Kier molecular flexibility index (Phi) is 3.47. The van der Waals surface area contributed by atoms with Crippen LogP contribution in [0.4, 0.5) is 0 Å². The summed E-state index contributed by atoms with van der Waals surface area (Å²) in [4.78, 5) is 23.7. The first kappa shape index (κ1) is 13.8. The largest absolute Gasteiger partial charge is 0.456 e.